The smallest absolute Gasteiger partial charge is 0.251 e. The molecule has 3 aromatic carbocycles. The predicted molar refractivity (Wildman–Crippen MR) is 132 cm³/mol. The van der Waals surface area contributed by atoms with Gasteiger partial charge in [0, 0.05) is 11.3 Å². The van der Waals surface area contributed by atoms with Gasteiger partial charge in [-0.3, -0.25) is 9.59 Å². The highest BCUT2D eigenvalue weighted by Gasteiger charge is 2.29. The summed E-state index contributed by atoms with van der Waals surface area (Å²) in [4.78, 5) is 25.3. The highest BCUT2D eigenvalue weighted by atomic mass is 32.2. The van der Waals surface area contributed by atoms with Crippen molar-refractivity contribution in [2.75, 3.05) is 11.1 Å². The van der Waals surface area contributed by atoms with E-state index in [2.05, 4.69) is 10.6 Å². The zero-order valence-electron chi connectivity index (χ0n) is 19.0. The van der Waals surface area contributed by atoms with Gasteiger partial charge in [0.1, 0.15) is 0 Å². The maximum atomic E-state index is 12.5. The Hall–Kier alpha value is -3.45. The van der Waals surface area contributed by atoms with Crippen molar-refractivity contribution in [2.45, 2.75) is 37.1 Å². The maximum Gasteiger partial charge on any atom is 0.251 e. The van der Waals surface area contributed by atoms with Gasteiger partial charge >= 0.3 is 0 Å². The van der Waals surface area contributed by atoms with E-state index in [1.807, 2.05) is 37.3 Å². The molecule has 1 saturated carbocycles. The molecule has 0 aliphatic heterocycles. The number of amides is 2. The van der Waals surface area contributed by atoms with Crippen molar-refractivity contribution in [1.82, 2.24) is 5.32 Å². The van der Waals surface area contributed by atoms with Gasteiger partial charge in [0.2, 0.25) is 5.91 Å². The number of anilines is 1. The van der Waals surface area contributed by atoms with Gasteiger partial charge in [-0.05, 0) is 73.2 Å². The van der Waals surface area contributed by atoms with E-state index < -0.39 is 9.84 Å². The first-order valence-corrected chi connectivity index (χ1v) is 13.0. The van der Waals surface area contributed by atoms with Crippen LogP contribution in [0.3, 0.4) is 0 Å². The minimum atomic E-state index is -3.26. The van der Waals surface area contributed by atoms with Gasteiger partial charge < -0.3 is 10.6 Å². The average Bonchev–Trinajstić information content (AvgIpc) is 3.63. The molecule has 0 bridgehead atoms. The van der Waals surface area contributed by atoms with E-state index in [4.69, 9.17) is 0 Å². The highest BCUT2D eigenvalue weighted by Crippen LogP contribution is 2.32. The molecule has 34 heavy (non-hydrogen) atoms. The van der Waals surface area contributed by atoms with E-state index in [1.54, 1.807) is 48.5 Å². The summed E-state index contributed by atoms with van der Waals surface area (Å²) in [6, 6.07) is 22.8. The fourth-order valence-electron chi connectivity index (χ4n) is 3.71. The zero-order valence-corrected chi connectivity index (χ0v) is 19.8. The van der Waals surface area contributed by atoms with Crippen molar-refractivity contribution in [3.63, 3.8) is 0 Å². The summed E-state index contributed by atoms with van der Waals surface area (Å²) in [6.07, 6.45) is 2.09. The summed E-state index contributed by atoms with van der Waals surface area (Å²) < 4.78 is 24.7. The van der Waals surface area contributed by atoms with E-state index in [1.165, 1.54) is 0 Å². The van der Waals surface area contributed by atoms with Gasteiger partial charge in [-0.1, -0.05) is 42.5 Å². The predicted octanol–water partition coefficient (Wildman–Crippen LogP) is 4.54. The first-order chi connectivity index (χ1) is 16.3. The average molecular weight is 477 g/mol. The summed E-state index contributed by atoms with van der Waals surface area (Å²) >= 11 is 0. The summed E-state index contributed by atoms with van der Waals surface area (Å²) in [6.45, 7) is 1.93. The Morgan fingerprint density at radius 2 is 1.56 bits per heavy atom. The van der Waals surface area contributed by atoms with Crippen LogP contribution in [0.25, 0.3) is 0 Å². The third-order valence-electron chi connectivity index (χ3n) is 5.88. The molecule has 1 fully saturated rings. The lowest BCUT2D eigenvalue weighted by Crippen LogP contribution is -2.26. The number of sulfone groups is 1. The topological polar surface area (TPSA) is 92.3 Å². The van der Waals surface area contributed by atoms with Crippen LogP contribution in [0.15, 0.2) is 83.8 Å². The van der Waals surface area contributed by atoms with Crippen LogP contribution in [0, 0.1) is 5.92 Å². The van der Waals surface area contributed by atoms with Crippen LogP contribution in [-0.4, -0.2) is 26.0 Å². The van der Waals surface area contributed by atoms with Gasteiger partial charge in [0.05, 0.1) is 23.1 Å². The fraction of sp³-hybridized carbons (Fsp3) is 0.259. The largest absolute Gasteiger partial charge is 0.346 e. The Kier molecular flexibility index (Phi) is 7.12. The summed E-state index contributed by atoms with van der Waals surface area (Å²) in [7, 11) is -3.26. The van der Waals surface area contributed by atoms with E-state index in [0.717, 1.165) is 24.0 Å². The molecule has 7 heteroatoms. The molecule has 4 rings (SSSR count). The molecule has 6 nitrogen and oxygen atoms in total. The van der Waals surface area contributed by atoms with Crippen LogP contribution in [0.4, 0.5) is 5.69 Å². The van der Waals surface area contributed by atoms with Crippen LogP contribution in [0.1, 0.15) is 47.3 Å². The van der Waals surface area contributed by atoms with Gasteiger partial charge in [-0.25, -0.2) is 8.42 Å². The quantitative estimate of drug-likeness (QED) is 0.474. The molecular formula is C27H28N2O4S. The normalized spacial score (nSPS) is 14.3. The number of hydrogen-bond donors (Lipinski definition) is 2. The summed E-state index contributed by atoms with van der Waals surface area (Å²) in [5.41, 5.74) is 2.84. The third-order valence-corrected chi connectivity index (χ3v) is 7.78. The first kappa shape index (κ1) is 23.7. The van der Waals surface area contributed by atoms with Crippen molar-refractivity contribution in [3.8, 4) is 0 Å². The Morgan fingerprint density at radius 3 is 2.18 bits per heavy atom. The van der Waals surface area contributed by atoms with Crippen LogP contribution >= 0.6 is 0 Å². The highest BCUT2D eigenvalue weighted by molar-refractivity contribution is 7.91. The Morgan fingerprint density at radius 1 is 0.912 bits per heavy atom. The fourth-order valence-corrected chi connectivity index (χ4v) is 5.40. The van der Waals surface area contributed by atoms with Crippen LogP contribution in [0.2, 0.25) is 0 Å². The lowest BCUT2D eigenvalue weighted by Gasteiger charge is -2.14. The number of benzene rings is 3. The number of rotatable bonds is 9. The molecular weight excluding hydrogens is 448 g/mol. The monoisotopic (exact) mass is 476 g/mol. The van der Waals surface area contributed by atoms with Crippen LogP contribution in [-0.2, 0) is 21.1 Å². The molecule has 0 spiro atoms. The Bertz CT molecular complexity index is 1250. The number of carbonyl (C=O) groups excluding carboxylic acids is 2. The van der Waals surface area contributed by atoms with Crippen molar-refractivity contribution >= 4 is 27.3 Å². The number of nitrogens with one attached hydrogen (secondary N) is 2. The van der Waals surface area contributed by atoms with E-state index in [9.17, 15) is 18.0 Å². The molecule has 1 aliphatic rings. The molecule has 0 saturated heterocycles. The minimum Gasteiger partial charge on any atom is -0.346 e. The molecule has 176 valence electrons. The lowest BCUT2D eigenvalue weighted by molar-refractivity contribution is -0.115. The van der Waals surface area contributed by atoms with E-state index in [-0.39, 0.29) is 30.0 Å². The molecule has 2 N–H and O–H groups in total. The van der Waals surface area contributed by atoms with Crippen molar-refractivity contribution in [3.05, 3.63) is 95.6 Å². The Labute approximate surface area is 200 Å². The van der Waals surface area contributed by atoms with E-state index >= 15 is 0 Å². The summed E-state index contributed by atoms with van der Waals surface area (Å²) in [5.74, 6) is 0.0843. The molecule has 3 aromatic rings. The summed E-state index contributed by atoms with van der Waals surface area (Å²) in [5, 5.41) is 5.78. The van der Waals surface area contributed by atoms with Gasteiger partial charge in [0.25, 0.3) is 5.91 Å². The van der Waals surface area contributed by atoms with Crippen LogP contribution < -0.4 is 10.6 Å². The van der Waals surface area contributed by atoms with Crippen molar-refractivity contribution in [1.29, 1.82) is 0 Å². The zero-order chi connectivity index (χ0) is 24.1. The molecule has 1 atom stereocenters. The molecule has 0 aromatic heterocycles. The molecule has 2 amide bonds. The second kappa shape index (κ2) is 10.2. The van der Waals surface area contributed by atoms with E-state index in [0.29, 0.717) is 22.1 Å². The van der Waals surface area contributed by atoms with Crippen molar-refractivity contribution < 1.29 is 18.0 Å². The molecule has 0 radical (unpaired) electrons. The number of carbonyl (C=O) groups is 2. The lowest BCUT2D eigenvalue weighted by atomic mass is 10.1. The minimum absolute atomic E-state index is 0.122. The SMILES string of the molecule is CC(NC(=O)c1ccc(NC(=O)Cc2ccc(S(=O)(=O)CC3CC3)cc2)cc1)c1ccccc1. The third kappa shape index (κ3) is 6.32. The second-order valence-corrected chi connectivity index (χ2v) is 10.8. The molecule has 1 unspecified atom stereocenters. The number of hydrogen-bond acceptors (Lipinski definition) is 4. The van der Waals surface area contributed by atoms with Gasteiger partial charge in [-0.15, -0.1) is 0 Å². The molecule has 0 heterocycles. The Balaban J connectivity index is 1.30. The van der Waals surface area contributed by atoms with Crippen LogP contribution in [0.5, 0.6) is 0 Å². The second-order valence-electron chi connectivity index (χ2n) is 8.78. The standard InChI is InChI=1S/C27H28N2O4S/c1-19(22-5-3-2-4-6-22)28-27(31)23-11-13-24(14-12-23)29-26(30)17-20-9-15-25(16-10-20)34(32,33)18-21-7-8-21/h2-6,9-16,19,21H,7-8,17-18H2,1H3,(H,28,31)(H,29,30). The molecule has 1 aliphatic carbocycles. The van der Waals surface area contributed by atoms with Crippen molar-refractivity contribution in [2.24, 2.45) is 5.92 Å². The maximum absolute atomic E-state index is 12.5. The van der Waals surface area contributed by atoms with Gasteiger partial charge in [-0.2, -0.15) is 0 Å². The first-order valence-electron chi connectivity index (χ1n) is 11.4. The van der Waals surface area contributed by atoms with Gasteiger partial charge in [0.15, 0.2) is 9.84 Å².